The van der Waals surface area contributed by atoms with Crippen molar-refractivity contribution in [1.29, 1.82) is 0 Å². The fourth-order valence-electron chi connectivity index (χ4n) is 2.34. The van der Waals surface area contributed by atoms with Gasteiger partial charge in [-0.05, 0) is 38.5 Å². The van der Waals surface area contributed by atoms with E-state index in [1.165, 1.54) is 18.4 Å². The van der Waals surface area contributed by atoms with Crippen LogP contribution in [0.4, 0.5) is 4.79 Å². The molecular weight excluding hydrogens is 256 g/mol. The SMILES string of the molecule is CCCCC(NC(=O)NCCC1=CCCCC1)C(=O)O. The maximum atomic E-state index is 11.7. The van der Waals surface area contributed by atoms with Crippen molar-refractivity contribution >= 4 is 12.0 Å². The normalized spacial score (nSPS) is 16.1. The summed E-state index contributed by atoms with van der Waals surface area (Å²) in [4.78, 5) is 22.7. The van der Waals surface area contributed by atoms with Crippen molar-refractivity contribution in [2.24, 2.45) is 0 Å². The number of rotatable bonds is 8. The molecule has 0 radical (unpaired) electrons. The Morgan fingerprint density at radius 3 is 2.80 bits per heavy atom. The van der Waals surface area contributed by atoms with Gasteiger partial charge in [0.05, 0.1) is 0 Å². The molecule has 3 N–H and O–H groups in total. The van der Waals surface area contributed by atoms with Crippen LogP contribution in [0.3, 0.4) is 0 Å². The van der Waals surface area contributed by atoms with Gasteiger partial charge in [-0.2, -0.15) is 0 Å². The third-order valence-corrected chi connectivity index (χ3v) is 3.57. The van der Waals surface area contributed by atoms with Gasteiger partial charge in [-0.1, -0.05) is 31.4 Å². The molecule has 5 heteroatoms. The second kappa shape index (κ2) is 9.39. The van der Waals surface area contributed by atoms with E-state index in [1.54, 1.807) is 0 Å². The molecule has 0 aromatic heterocycles. The number of carbonyl (C=O) groups excluding carboxylic acids is 1. The fraction of sp³-hybridized carbons (Fsp3) is 0.733. The average molecular weight is 282 g/mol. The summed E-state index contributed by atoms with van der Waals surface area (Å²) in [5.74, 6) is -0.969. The van der Waals surface area contributed by atoms with Crippen molar-refractivity contribution in [3.05, 3.63) is 11.6 Å². The van der Waals surface area contributed by atoms with Crippen molar-refractivity contribution in [1.82, 2.24) is 10.6 Å². The molecule has 1 aliphatic rings. The zero-order chi connectivity index (χ0) is 14.8. The van der Waals surface area contributed by atoms with Gasteiger partial charge >= 0.3 is 12.0 Å². The van der Waals surface area contributed by atoms with Gasteiger partial charge in [-0.15, -0.1) is 0 Å². The van der Waals surface area contributed by atoms with Crippen LogP contribution >= 0.6 is 0 Å². The van der Waals surface area contributed by atoms with Crippen molar-refractivity contribution < 1.29 is 14.7 Å². The number of carbonyl (C=O) groups is 2. The second-order valence-corrected chi connectivity index (χ2v) is 5.29. The van der Waals surface area contributed by atoms with Gasteiger partial charge in [0.1, 0.15) is 6.04 Å². The molecule has 0 fully saturated rings. The first-order valence-corrected chi connectivity index (χ1v) is 7.58. The third-order valence-electron chi connectivity index (χ3n) is 3.57. The molecule has 1 aliphatic carbocycles. The highest BCUT2D eigenvalue weighted by Crippen LogP contribution is 2.19. The maximum Gasteiger partial charge on any atom is 0.326 e. The molecule has 0 spiro atoms. The van der Waals surface area contributed by atoms with Gasteiger partial charge < -0.3 is 15.7 Å². The highest BCUT2D eigenvalue weighted by molar-refractivity contribution is 5.82. The predicted octanol–water partition coefficient (Wildman–Crippen LogP) is 2.82. The van der Waals surface area contributed by atoms with Crippen LogP contribution in [0.25, 0.3) is 0 Å². The van der Waals surface area contributed by atoms with Crippen molar-refractivity contribution in [2.45, 2.75) is 64.3 Å². The Morgan fingerprint density at radius 1 is 1.40 bits per heavy atom. The molecule has 0 heterocycles. The molecule has 0 aromatic rings. The molecule has 5 nitrogen and oxygen atoms in total. The number of hydrogen-bond acceptors (Lipinski definition) is 2. The largest absolute Gasteiger partial charge is 0.480 e. The fourth-order valence-corrected chi connectivity index (χ4v) is 2.34. The smallest absolute Gasteiger partial charge is 0.326 e. The number of amides is 2. The summed E-state index contributed by atoms with van der Waals surface area (Å²) in [6, 6.07) is -1.17. The van der Waals surface area contributed by atoms with Crippen LogP contribution in [-0.4, -0.2) is 29.7 Å². The lowest BCUT2D eigenvalue weighted by atomic mass is 9.97. The number of allylic oxidation sites excluding steroid dienone is 1. The van der Waals surface area contributed by atoms with E-state index in [0.29, 0.717) is 13.0 Å². The number of carboxylic acids is 1. The van der Waals surface area contributed by atoms with Crippen LogP contribution in [0.2, 0.25) is 0 Å². The first-order chi connectivity index (χ1) is 9.63. The average Bonchev–Trinajstić information content (AvgIpc) is 2.44. The number of aliphatic carboxylic acids is 1. The molecule has 114 valence electrons. The summed E-state index contributed by atoms with van der Waals surface area (Å²) in [5, 5.41) is 14.3. The first kappa shape index (κ1) is 16.5. The Bertz CT molecular complexity index is 353. The van der Waals surface area contributed by atoms with Crippen LogP contribution in [-0.2, 0) is 4.79 Å². The molecule has 0 aromatic carbocycles. The van der Waals surface area contributed by atoms with E-state index >= 15 is 0 Å². The number of urea groups is 1. The lowest BCUT2D eigenvalue weighted by molar-refractivity contribution is -0.139. The van der Waals surface area contributed by atoms with Crippen LogP contribution in [0, 0.1) is 0 Å². The Kier molecular flexibility index (Phi) is 7.77. The third kappa shape index (κ3) is 6.59. The summed E-state index contributed by atoms with van der Waals surface area (Å²) in [6.07, 6.45) is 10.1. The number of hydrogen-bond donors (Lipinski definition) is 3. The van der Waals surface area contributed by atoms with Gasteiger partial charge in [0, 0.05) is 6.54 Å². The number of unbranched alkanes of at least 4 members (excludes halogenated alkanes) is 1. The monoisotopic (exact) mass is 282 g/mol. The van der Waals surface area contributed by atoms with E-state index in [4.69, 9.17) is 5.11 Å². The molecule has 0 bridgehead atoms. The molecule has 1 rings (SSSR count). The molecule has 2 amide bonds. The molecule has 20 heavy (non-hydrogen) atoms. The van der Waals surface area contributed by atoms with Crippen LogP contribution < -0.4 is 10.6 Å². The Hall–Kier alpha value is -1.52. The minimum absolute atomic E-state index is 0.384. The minimum Gasteiger partial charge on any atom is -0.480 e. The topological polar surface area (TPSA) is 78.4 Å². The van der Waals surface area contributed by atoms with Crippen LogP contribution in [0.15, 0.2) is 11.6 Å². The van der Waals surface area contributed by atoms with E-state index in [1.807, 2.05) is 6.92 Å². The molecular formula is C15H26N2O3. The molecule has 1 unspecified atom stereocenters. The summed E-state index contributed by atoms with van der Waals surface area (Å²) in [5.41, 5.74) is 1.40. The maximum absolute atomic E-state index is 11.7. The van der Waals surface area contributed by atoms with E-state index < -0.39 is 12.0 Å². The quantitative estimate of drug-likeness (QED) is 0.599. The standard InChI is InChI=1S/C15H26N2O3/c1-2-3-9-13(14(18)19)17-15(20)16-11-10-12-7-5-4-6-8-12/h7,13H,2-6,8-11H2,1H3,(H,18,19)(H2,16,17,20). The number of nitrogens with one attached hydrogen (secondary N) is 2. The van der Waals surface area contributed by atoms with E-state index in [9.17, 15) is 9.59 Å². The summed E-state index contributed by atoms with van der Waals surface area (Å²) in [7, 11) is 0. The summed E-state index contributed by atoms with van der Waals surface area (Å²) in [6.45, 7) is 2.56. The first-order valence-electron chi connectivity index (χ1n) is 7.58. The highest BCUT2D eigenvalue weighted by Gasteiger charge is 2.18. The summed E-state index contributed by atoms with van der Waals surface area (Å²) >= 11 is 0. The zero-order valence-corrected chi connectivity index (χ0v) is 12.3. The zero-order valence-electron chi connectivity index (χ0n) is 12.3. The van der Waals surface area contributed by atoms with Gasteiger partial charge in [-0.3, -0.25) is 0 Å². The van der Waals surface area contributed by atoms with Crippen LogP contribution in [0.5, 0.6) is 0 Å². The molecule has 0 saturated heterocycles. The highest BCUT2D eigenvalue weighted by atomic mass is 16.4. The molecule has 0 saturated carbocycles. The number of carboxylic acid groups (broad SMARTS) is 1. The molecule has 0 aliphatic heterocycles. The lowest BCUT2D eigenvalue weighted by Gasteiger charge is -2.16. The van der Waals surface area contributed by atoms with Gasteiger partial charge in [-0.25, -0.2) is 9.59 Å². The Labute approximate surface area is 120 Å². The van der Waals surface area contributed by atoms with Crippen molar-refractivity contribution in [3.63, 3.8) is 0 Å². The van der Waals surface area contributed by atoms with Gasteiger partial charge in [0.15, 0.2) is 0 Å². The van der Waals surface area contributed by atoms with Crippen molar-refractivity contribution in [2.75, 3.05) is 6.54 Å². The van der Waals surface area contributed by atoms with E-state index in [2.05, 4.69) is 16.7 Å². The minimum atomic E-state index is -0.969. The lowest BCUT2D eigenvalue weighted by Crippen LogP contribution is -2.46. The summed E-state index contributed by atoms with van der Waals surface area (Å²) < 4.78 is 0. The van der Waals surface area contributed by atoms with Crippen molar-refractivity contribution in [3.8, 4) is 0 Å². The van der Waals surface area contributed by atoms with Gasteiger partial charge in [0.25, 0.3) is 0 Å². The van der Waals surface area contributed by atoms with Gasteiger partial charge in [0.2, 0.25) is 0 Å². The van der Waals surface area contributed by atoms with E-state index in [0.717, 1.165) is 32.1 Å². The Morgan fingerprint density at radius 2 is 2.20 bits per heavy atom. The van der Waals surface area contributed by atoms with Crippen LogP contribution in [0.1, 0.15) is 58.3 Å². The molecule has 1 atom stereocenters. The second-order valence-electron chi connectivity index (χ2n) is 5.29. The predicted molar refractivity (Wildman–Crippen MR) is 78.7 cm³/mol. The van der Waals surface area contributed by atoms with E-state index in [-0.39, 0.29) is 6.03 Å². The Balaban J connectivity index is 2.23.